The van der Waals surface area contributed by atoms with Crippen molar-refractivity contribution in [2.24, 2.45) is 10.8 Å². The lowest BCUT2D eigenvalue weighted by Gasteiger charge is -2.43. The highest BCUT2D eigenvalue weighted by atomic mass is 16.5. The molecule has 0 fully saturated rings. The second-order valence-electron chi connectivity index (χ2n) is 8.34. The molecule has 0 aliphatic carbocycles. The third-order valence-corrected chi connectivity index (χ3v) is 5.35. The third kappa shape index (κ3) is 15.3. The molecule has 0 aromatic carbocycles. The molecule has 0 bridgehead atoms. The van der Waals surface area contributed by atoms with E-state index in [1.54, 1.807) is 0 Å². The molecule has 188 valence electrons. The van der Waals surface area contributed by atoms with Crippen LogP contribution in [0.15, 0.2) is 0 Å². The van der Waals surface area contributed by atoms with Crippen LogP contribution in [0.5, 0.6) is 0 Å². The van der Waals surface area contributed by atoms with Crippen LogP contribution in [0.3, 0.4) is 0 Å². The Morgan fingerprint density at radius 1 is 0.400 bits per heavy atom. The van der Waals surface area contributed by atoms with Gasteiger partial charge in [-0.25, -0.2) is 0 Å². The molecule has 0 rings (SSSR count). The largest absolute Gasteiger partial charge is 0.380 e. The van der Waals surface area contributed by atoms with Gasteiger partial charge in [0.15, 0.2) is 0 Å². The van der Waals surface area contributed by atoms with Gasteiger partial charge in [-0.1, -0.05) is 0 Å². The fraction of sp³-hybridized carbons (Fsp3) is 0.760. The van der Waals surface area contributed by atoms with Crippen molar-refractivity contribution in [3.63, 3.8) is 0 Å². The fourth-order valence-electron chi connectivity index (χ4n) is 3.82. The van der Waals surface area contributed by atoms with Crippen molar-refractivity contribution in [3.8, 4) is 36.4 Å². The Hall–Kier alpha value is -3.22. The SMILES string of the molecule is N#CCCOCC(CCC#N)(COCCC#N)CC(CCC#N)(COCCC#N)COCCC#N. The first-order chi connectivity index (χ1) is 17.1. The molecule has 0 aliphatic rings. The standard InChI is InChI=1S/C25H34N6O4/c26-9-1-7-24(20-32-15-3-11-28,21-33-16-4-12-29)19-25(8-2-10-27,22-34-17-5-13-30)23-35-18-6-14-31/h1-8,15-23H2. The molecule has 0 aliphatic heterocycles. The smallest absolute Gasteiger partial charge is 0.0645 e. The Bertz CT molecular complexity index is 710. The van der Waals surface area contributed by atoms with Gasteiger partial charge < -0.3 is 18.9 Å². The van der Waals surface area contributed by atoms with Gasteiger partial charge in [0.2, 0.25) is 0 Å². The minimum absolute atomic E-state index is 0.216. The van der Waals surface area contributed by atoms with Gasteiger partial charge in [0.25, 0.3) is 0 Å². The lowest BCUT2D eigenvalue weighted by atomic mass is 9.68. The number of hydrogen-bond donors (Lipinski definition) is 0. The molecule has 0 aromatic heterocycles. The first-order valence-corrected chi connectivity index (χ1v) is 11.6. The van der Waals surface area contributed by atoms with Crippen LogP contribution in [0.2, 0.25) is 0 Å². The van der Waals surface area contributed by atoms with Crippen LogP contribution in [0.4, 0.5) is 0 Å². The second kappa shape index (κ2) is 21.3. The van der Waals surface area contributed by atoms with E-state index < -0.39 is 10.8 Å². The zero-order valence-electron chi connectivity index (χ0n) is 20.3. The van der Waals surface area contributed by atoms with Crippen LogP contribution < -0.4 is 0 Å². The lowest BCUT2D eigenvalue weighted by molar-refractivity contribution is -0.0934. The highest BCUT2D eigenvalue weighted by Crippen LogP contribution is 2.42. The predicted octanol–water partition coefficient (Wildman–Crippen LogP) is 3.68. The summed E-state index contributed by atoms with van der Waals surface area (Å²) in [6, 6.07) is 12.5. The van der Waals surface area contributed by atoms with E-state index in [1.165, 1.54) is 0 Å². The minimum atomic E-state index is -0.659. The van der Waals surface area contributed by atoms with Crippen molar-refractivity contribution in [1.82, 2.24) is 0 Å². The van der Waals surface area contributed by atoms with Gasteiger partial charge in [-0.15, -0.1) is 0 Å². The summed E-state index contributed by atoms with van der Waals surface area (Å²) in [6.07, 6.45) is 2.66. The summed E-state index contributed by atoms with van der Waals surface area (Å²) in [5.74, 6) is 0. The number of ether oxygens (including phenoxy) is 4. The summed E-state index contributed by atoms with van der Waals surface area (Å²) in [5.41, 5.74) is -1.32. The maximum atomic E-state index is 9.32. The predicted molar refractivity (Wildman–Crippen MR) is 123 cm³/mol. The average Bonchev–Trinajstić information content (AvgIpc) is 2.87. The summed E-state index contributed by atoms with van der Waals surface area (Å²) in [6.45, 7) is 1.77. The zero-order valence-corrected chi connectivity index (χ0v) is 20.3. The summed E-state index contributed by atoms with van der Waals surface area (Å²) in [4.78, 5) is 0. The molecule has 0 spiro atoms. The van der Waals surface area contributed by atoms with Gasteiger partial charge in [-0.3, -0.25) is 0 Å². The Balaban J connectivity index is 6.04. The Morgan fingerprint density at radius 3 is 0.886 bits per heavy atom. The molecule has 10 nitrogen and oxygen atoms in total. The van der Waals surface area contributed by atoms with Crippen LogP contribution in [-0.2, 0) is 18.9 Å². The van der Waals surface area contributed by atoms with E-state index >= 15 is 0 Å². The van der Waals surface area contributed by atoms with Crippen molar-refractivity contribution in [1.29, 1.82) is 31.6 Å². The molecular weight excluding hydrogens is 448 g/mol. The van der Waals surface area contributed by atoms with E-state index in [4.69, 9.17) is 40.0 Å². The van der Waals surface area contributed by atoms with Crippen molar-refractivity contribution >= 4 is 0 Å². The van der Waals surface area contributed by atoms with Crippen LogP contribution in [0.25, 0.3) is 0 Å². The number of nitrogens with zero attached hydrogens (tertiary/aromatic N) is 6. The van der Waals surface area contributed by atoms with E-state index in [9.17, 15) is 10.5 Å². The van der Waals surface area contributed by atoms with Crippen molar-refractivity contribution in [3.05, 3.63) is 0 Å². The summed E-state index contributed by atoms with van der Waals surface area (Å²) < 4.78 is 23.3. The van der Waals surface area contributed by atoms with E-state index in [0.29, 0.717) is 19.3 Å². The van der Waals surface area contributed by atoms with Crippen LogP contribution in [-0.4, -0.2) is 52.9 Å². The van der Waals surface area contributed by atoms with Crippen LogP contribution in [0.1, 0.15) is 57.8 Å². The number of nitriles is 6. The average molecular weight is 483 g/mol. The molecule has 0 N–H and O–H groups in total. The minimum Gasteiger partial charge on any atom is -0.380 e. The quantitative estimate of drug-likeness (QED) is 0.206. The molecule has 0 aromatic rings. The monoisotopic (exact) mass is 482 g/mol. The van der Waals surface area contributed by atoms with Crippen LogP contribution in [0, 0.1) is 78.8 Å². The lowest BCUT2D eigenvalue weighted by Crippen LogP contribution is -2.44. The van der Waals surface area contributed by atoms with Crippen LogP contribution >= 0.6 is 0 Å². The molecule has 0 atom stereocenters. The summed E-state index contributed by atoms with van der Waals surface area (Å²) in [5, 5.41) is 54.1. The molecular formula is C25H34N6O4. The number of hydrogen-bond acceptors (Lipinski definition) is 10. The van der Waals surface area contributed by atoms with Gasteiger partial charge >= 0.3 is 0 Å². The normalized spacial score (nSPS) is 10.8. The first-order valence-electron chi connectivity index (χ1n) is 11.6. The molecule has 0 saturated heterocycles. The topological polar surface area (TPSA) is 180 Å². The molecule has 0 amide bonds. The Labute approximate surface area is 208 Å². The zero-order chi connectivity index (χ0) is 26.1. The third-order valence-electron chi connectivity index (χ3n) is 5.35. The van der Waals surface area contributed by atoms with Gasteiger partial charge in [0, 0.05) is 23.7 Å². The molecule has 0 saturated carbocycles. The summed E-state index contributed by atoms with van der Waals surface area (Å²) in [7, 11) is 0. The maximum Gasteiger partial charge on any atom is 0.0645 e. The van der Waals surface area contributed by atoms with E-state index in [2.05, 4.69) is 12.1 Å². The second-order valence-corrected chi connectivity index (χ2v) is 8.34. The maximum absolute atomic E-state index is 9.32. The Morgan fingerprint density at radius 2 is 0.657 bits per heavy atom. The van der Waals surface area contributed by atoms with Gasteiger partial charge in [0.1, 0.15) is 0 Å². The Kier molecular flexibility index (Phi) is 19.4. The van der Waals surface area contributed by atoms with Gasteiger partial charge in [-0.2, -0.15) is 31.6 Å². The highest BCUT2D eigenvalue weighted by Gasteiger charge is 2.42. The van der Waals surface area contributed by atoms with Gasteiger partial charge in [-0.05, 0) is 19.3 Å². The molecule has 0 heterocycles. The van der Waals surface area contributed by atoms with E-state index in [0.717, 1.165) is 0 Å². The first kappa shape index (κ1) is 31.8. The van der Waals surface area contributed by atoms with E-state index in [-0.39, 0.29) is 91.4 Å². The number of rotatable bonds is 22. The summed E-state index contributed by atoms with van der Waals surface area (Å²) >= 11 is 0. The molecule has 10 heteroatoms. The molecule has 0 radical (unpaired) electrons. The van der Waals surface area contributed by atoms with E-state index in [1.807, 2.05) is 24.3 Å². The molecule has 0 unspecified atom stereocenters. The van der Waals surface area contributed by atoms with Gasteiger partial charge in [0.05, 0.1) is 115 Å². The molecule has 35 heavy (non-hydrogen) atoms. The van der Waals surface area contributed by atoms with Crippen molar-refractivity contribution in [2.75, 3.05) is 52.9 Å². The fourth-order valence-corrected chi connectivity index (χ4v) is 3.82. The van der Waals surface area contributed by atoms with Crippen molar-refractivity contribution < 1.29 is 18.9 Å². The van der Waals surface area contributed by atoms with Crippen molar-refractivity contribution in [2.45, 2.75) is 57.8 Å². The highest BCUT2D eigenvalue weighted by molar-refractivity contribution is 4.94.